The molecule has 25 heavy (non-hydrogen) atoms. The molecule has 0 aromatic heterocycles. The Morgan fingerprint density at radius 3 is 2.96 bits per heavy atom. The Morgan fingerprint density at radius 1 is 1.32 bits per heavy atom. The van der Waals surface area contributed by atoms with Crippen molar-refractivity contribution < 1.29 is 17.9 Å². The number of fused-ring (bicyclic) bond motifs is 2. The summed E-state index contributed by atoms with van der Waals surface area (Å²) in [6, 6.07) is 5.10. The minimum atomic E-state index is -3.36. The van der Waals surface area contributed by atoms with Gasteiger partial charge in [0.1, 0.15) is 0 Å². The number of hydrogen-bond donors (Lipinski definition) is 3. The zero-order valence-electron chi connectivity index (χ0n) is 14.1. The topological polar surface area (TPSA) is 96.5 Å². The van der Waals surface area contributed by atoms with Crippen LogP contribution in [0.25, 0.3) is 0 Å². The van der Waals surface area contributed by atoms with E-state index >= 15 is 0 Å². The maximum absolute atomic E-state index is 12.9. The fraction of sp³-hybridized carbons (Fsp3) is 0.588. The molecule has 1 aromatic carbocycles. The number of rotatable bonds is 4. The summed E-state index contributed by atoms with van der Waals surface area (Å²) in [5, 5.41) is 6.36. The maximum atomic E-state index is 12.9. The van der Waals surface area contributed by atoms with E-state index < -0.39 is 16.1 Å². The number of sulfonamides is 1. The molecule has 1 saturated heterocycles. The minimum absolute atomic E-state index is 0.150. The van der Waals surface area contributed by atoms with E-state index in [4.69, 9.17) is 4.74 Å². The third-order valence-corrected chi connectivity index (χ3v) is 6.05. The number of aryl methyl sites for hydroxylation is 1. The van der Waals surface area contributed by atoms with E-state index in [-0.39, 0.29) is 24.0 Å². The van der Waals surface area contributed by atoms with Crippen LogP contribution in [-0.4, -0.2) is 51.9 Å². The predicted molar refractivity (Wildman–Crippen MR) is 94.1 cm³/mol. The molecule has 1 amide bonds. The molecule has 2 heterocycles. The number of anilines is 1. The van der Waals surface area contributed by atoms with Crippen LogP contribution < -0.4 is 15.4 Å². The maximum Gasteiger partial charge on any atom is 0.253 e. The second-order valence-corrected chi connectivity index (χ2v) is 8.85. The number of amides is 1. The first-order valence-electron chi connectivity index (χ1n) is 8.69. The monoisotopic (exact) mass is 365 g/mol. The first-order chi connectivity index (χ1) is 11.9. The van der Waals surface area contributed by atoms with Gasteiger partial charge in [0.15, 0.2) is 0 Å². The van der Waals surface area contributed by atoms with Crippen LogP contribution in [0.2, 0.25) is 0 Å². The van der Waals surface area contributed by atoms with Gasteiger partial charge in [0.05, 0.1) is 35.7 Å². The molecule has 0 radical (unpaired) electrons. The van der Waals surface area contributed by atoms with Crippen molar-refractivity contribution in [2.75, 3.05) is 24.7 Å². The van der Waals surface area contributed by atoms with E-state index in [1.807, 2.05) is 18.2 Å². The third-order valence-electron chi connectivity index (χ3n) is 5.35. The lowest BCUT2D eigenvalue weighted by Gasteiger charge is -2.47. The number of para-hydroxylation sites is 1. The second kappa shape index (κ2) is 6.26. The van der Waals surface area contributed by atoms with Crippen LogP contribution in [0, 0.1) is 5.92 Å². The van der Waals surface area contributed by atoms with E-state index in [9.17, 15) is 13.2 Å². The van der Waals surface area contributed by atoms with Gasteiger partial charge in [0.2, 0.25) is 10.0 Å². The van der Waals surface area contributed by atoms with Gasteiger partial charge in [0, 0.05) is 19.1 Å². The summed E-state index contributed by atoms with van der Waals surface area (Å²) in [5.74, 6) is -0.00222. The highest BCUT2D eigenvalue weighted by molar-refractivity contribution is 7.88. The van der Waals surface area contributed by atoms with Gasteiger partial charge in [-0.1, -0.05) is 12.1 Å². The Labute approximate surface area is 147 Å². The molecule has 0 unspecified atom stereocenters. The summed E-state index contributed by atoms with van der Waals surface area (Å²) in [5.41, 5.74) is 2.68. The van der Waals surface area contributed by atoms with E-state index in [1.165, 1.54) is 0 Å². The van der Waals surface area contributed by atoms with Gasteiger partial charge in [-0.15, -0.1) is 0 Å². The second-order valence-electron chi connectivity index (χ2n) is 7.07. The first-order valence-corrected chi connectivity index (χ1v) is 10.6. The highest BCUT2D eigenvalue weighted by Crippen LogP contribution is 2.39. The number of benzene rings is 1. The minimum Gasteiger partial charge on any atom is -0.384 e. The normalized spacial score (nSPS) is 30.6. The summed E-state index contributed by atoms with van der Waals surface area (Å²) in [7, 11) is -3.36. The molecule has 4 rings (SSSR count). The standard InChI is InChI=1S/C17H23N3O4S/c1-25(22,23)20-15-14(11-7-9-24-16(11)15)19-17(21)12-6-2-4-10-5-3-8-18-13(10)12/h2,4,6,11,14-16,18,20H,3,5,7-9H2,1H3,(H,19,21)/t11-,14+,15-,16-/m1/s1. The van der Waals surface area contributed by atoms with Crippen molar-refractivity contribution in [1.29, 1.82) is 0 Å². The zero-order valence-corrected chi connectivity index (χ0v) is 14.9. The van der Waals surface area contributed by atoms with E-state index in [0.717, 1.165) is 43.3 Å². The van der Waals surface area contributed by atoms with Crippen molar-refractivity contribution in [3.8, 4) is 0 Å². The highest BCUT2D eigenvalue weighted by Gasteiger charge is 2.55. The summed E-state index contributed by atoms with van der Waals surface area (Å²) in [6.07, 6.45) is 3.84. The van der Waals surface area contributed by atoms with Gasteiger partial charge in [-0.05, 0) is 30.9 Å². The summed E-state index contributed by atoms with van der Waals surface area (Å²) < 4.78 is 31.5. The lowest BCUT2D eigenvalue weighted by Crippen LogP contribution is -2.70. The van der Waals surface area contributed by atoms with Gasteiger partial charge < -0.3 is 15.4 Å². The fourth-order valence-corrected chi connectivity index (χ4v) is 4.99. The Hall–Kier alpha value is -1.64. The molecule has 1 saturated carbocycles. The molecular formula is C17H23N3O4S. The molecule has 1 aliphatic carbocycles. The zero-order chi connectivity index (χ0) is 17.6. The molecule has 4 atom stereocenters. The number of hydrogen-bond acceptors (Lipinski definition) is 5. The molecule has 3 N–H and O–H groups in total. The van der Waals surface area contributed by atoms with E-state index in [2.05, 4.69) is 15.4 Å². The van der Waals surface area contributed by atoms with Crippen molar-refractivity contribution in [3.05, 3.63) is 29.3 Å². The molecule has 0 bridgehead atoms. The van der Waals surface area contributed by atoms with E-state index in [1.54, 1.807) is 0 Å². The molecule has 3 aliphatic rings. The predicted octanol–water partition coefficient (Wildman–Crippen LogP) is 0.480. The number of nitrogens with one attached hydrogen (secondary N) is 3. The first kappa shape index (κ1) is 16.8. The van der Waals surface area contributed by atoms with Crippen LogP contribution in [0.15, 0.2) is 18.2 Å². The van der Waals surface area contributed by atoms with Crippen LogP contribution >= 0.6 is 0 Å². The highest BCUT2D eigenvalue weighted by atomic mass is 32.2. The molecule has 1 aromatic rings. The van der Waals surface area contributed by atoms with Crippen LogP contribution in [0.4, 0.5) is 5.69 Å². The molecular weight excluding hydrogens is 342 g/mol. The van der Waals surface area contributed by atoms with Gasteiger partial charge in [-0.25, -0.2) is 13.1 Å². The average Bonchev–Trinajstić information content (AvgIpc) is 3.01. The Morgan fingerprint density at radius 2 is 2.16 bits per heavy atom. The summed E-state index contributed by atoms with van der Waals surface area (Å²) in [6.45, 7) is 1.46. The Bertz CT molecular complexity index is 795. The largest absolute Gasteiger partial charge is 0.384 e. The molecule has 8 heteroatoms. The van der Waals surface area contributed by atoms with Gasteiger partial charge in [-0.2, -0.15) is 0 Å². The molecule has 7 nitrogen and oxygen atoms in total. The number of ether oxygens (including phenoxy) is 1. The SMILES string of the molecule is CS(=O)(=O)N[C@@H]1[C@@H](NC(=O)c2cccc3c2NCCC3)[C@H]2CCO[C@H]21. The van der Waals surface area contributed by atoms with Crippen LogP contribution in [0.5, 0.6) is 0 Å². The van der Waals surface area contributed by atoms with Crippen LogP contribution in [0.3, 0.4) is 0 Å². The molecule has 2 aliphatic heterocycles. The Kier molecular flexibility index (Phi) is 4.21. The van der Waals surface area contributed by atoms with Gasteiger partial charge >= 0.3 is 0 Å². The Balaban J connectivity index is 1.54. The fourth-order valence-electron chi connectivity index (χ4n) is 4.22. The number of carbonyl (C=O) groups is 1. The smallest absolute Gasteiger partial charge is 0.253 e. The average molecular weight is 365 g/mol. The number of carbonyl (C=O) groups excluding carboxylic acids is 1. The van der Waals surface area contributed by atoms with Crippen molar-refractivity contribution in [2.24, 2.45) is 5.92 Å². The summed E-state index contributed by atoms with van der Waals surface area (Å²) >= 11 is 0. The van der Waals surface area contributed by atoms with Gasteiger partial charge in [-0.3, -0.25) is 4.79 Å². The van der Waals surface area contributed by atoms with Gasteiger partial charge in [0.25, 0.3) is 5.91 Å². The molecule has 0 spiro atoms. The van der Waals surface area contributed by atoms with Crippen molar-refractivity contribution in [1.82, 2.24) is 10.0 Å². The van der Waals surface area contributed by atoms with E-state index in [0.29, 0.717) is 12.2 Å². The molecule has 2 fully saturated rings. The quantitative estimate of drug-likeness (QED) is 0.721. The lowest BCUT2D eigenvalue weighted by atomic mass is 9.72. The van der Waals surface area contributed by atoms with Crippen LogP contribution in [0.1, 0.15) is 28.8 Å². The van der Waals surface area contributed by atoms with Crippen molar-refractivity contribution in [3.63, 3.8) is 0 Å². The third kappa shape index (κ3) is 3.14. The van der Waals surface area contributed by atoms with Crippen LogP contribution in [-0.2, 0) is 21.2 Å². The summed E-state index contributed by atoms with van der Waals surface area (Å²) in [4.78, 5) is 12.9. The van der Waals surface area contributed by atoms with Crippen molar-refractivity contribution >= 4 is 21.6 Å². The molecule has 136 valence electrons. The van der Waals surface area contributed by atoms with Crippen molar-refractivity contribution in [2.45, 2.75) is 37.5 Å². The lowest BCUT2D eigenvalue weighted by molar-refractivity contribution is -0.0194.